The molecule has 0 saturated carbocycles. The van der Waals surface area contributed by atoms with E-state index in [0.29, 0.717) is 6.61 Å². The van der Waals surface area contributed by atoms with Gasteiger partial charge in [-0.2, -0.15) is 0 Å². The molecule has 0 amide bonds. The van der Waals surface area contributed by atoms with Crippen molar-refractivity contribution < 1.29 is 14.6 Å². The molecule has 0 unspecified atom stereocenters. The summed E-state index contributed by atoms with van der Waals surface area (Å²) in [5.41, 5.74) is 5.25. The van der Waals surface area contributed by atoms with Crippen molar-refractivity contribution in [3.8, 4) is 0 Å². The molecule has 0 aromatic heterocycles. The summed E-state index contributed by atoms with van der Waals surface area (Å²) in [5, 5.41) is 11.3. The summed E-state index contributed by atoms with van der Waals surface area (Å²) in [6.07, 6.45) is 12.9. The number of hydrogen-bond acceptors (Lipinski definition) is 3. The Morgan fingerprint density at radius 3 is 2.48 bits per heavy atom. The van der Waals surface area contributed by atoms with E-state index in [4.69, 9.17) is 9.47 Å². The first-order valence-corrected chi connectivity index (χ1v) is 11.3. The number of ether oxygens (including phenoxy) is 2. The third-order valence-electron chi connectivity index (χ3n) is 7.33. The summed E-state index contributed by atoms with van der Waals surface area (Å²) in [4.78, 5) is 0. The zero-order valence-corrected chi connectivity index (χ0v) is 19.3. The number of aliphatic hydroxyl groups excluding tert-OH is 1. The van der Waals surface area contributed by atoms with Crippen molar-refractivity contribution >= 4 is 0 Å². The lowest BCUT2D eigenvalue weighted by Gasteiger charge is -2.43. The van der Waals surface area contributed by atoms with E-state index in [9.17, 15) is 5.11 Å². The summed E-state index contributed by atoms with van der Waals surface area (Å²) < 4.78 is 12.2. The van der Waals surface area contributed by atoms with Gasteiger partial charge in [0, 0.05) is 17.3 Å². The molecule has 1 aliphatic heterocycles. The minimum atomic E-state index is -0.588. The lowest BCUT2D eigenvalue weighted by atomic mass is 9.67. The standard InChI is InChI=1S/C26H40O3/c1-17-9-7-11-18(2)13-14-26(5)23-21(15-19(3)12-8-10-17)29-16-20(4)22(23)24(28-6)25(26)27/h9,13,15,20-21,23,25,27H,7-8,10-12,14,16H2,1-6H3/b17-9+,18-13+,19-15+/t20-,21-,23-,25-,26+/m1/s1. The molecule has 5 atom stereocenters. The van der Waals surface area contributed by atoms with E-state index >= 15 is 0 Å². The monoisotopic (exact) mass is 400 g/mol. The Morgan fingerprint density at radius 2 is 1.76 bits per heavy atom. The molecule has 1 heterocycles. The van der Waals surface area contributed by atoms with E-state index in [0.717, 1.165) is 37.9 Å². The molecular formula is C26H40O3. The van der Waals surface area contributed by atoms with E-state index in [-0.39, 0.29) is 23.4 Å². The molecule has 3 nitrogen and oxygen atoms in total. The van der Waals surface area contributed by atoms with E-state index < -0.39 is 6.10 Å². The lowest BCUT2D eigenvalue weighted by molar-refractivity contribution is -0.0550. The van der Waals surface area contributed by atoms with Gasteiger partial charge < -0.3 is 14.6 Å². The Balaban J connectivity index is 2.02. The molecule has 162 valence electrons. The molecule has 0 bridgehead atoms. The van der Waals surface area contributed by atoms with Crippen molar-refractivity contribution in [2.75, 3.05) is 13.7 Å². The van der Waals surface area contributed by atoms with Gasteiger partial charge in [-0.25, -0.2) is 0 Å². The predicted molar refractivity (Wildman–Crippen MR) is 120 cm³/mol. The summed E-state index contributed by atoms with van der Waals surface area (Å²) in [6, 6.07) is 0. The molecule has 0 radical (unpaired) electrons. The second-order valence-corrected chi connectivity index (χ2v) is 9.82. The van der Waals surface area contributed by atoms with Crippen molar-refractivity contribution in [2.45, 2.75) is 85.4 Å². The summed E-state index contributed by atoms with van der Waals surface area (Å²) in [7, 11) is 1.70. The molecule has 0 aromatic rings. The highest BCUT2D eigenvalue weighted by Gasteiger charge is 2.56. The van der Waals surface area contributed by atoms with Crippen molar-refractivity contribution in [1.29, 1.82) is 0 Å². The van der Waals surface area contributed by atoms with Gasteiger partial charge in [-0.05, 0) is 64.9 Å². The largest absolute Gasteiger partial charge is 0.498 e. The first kappa shape index (κ1) is 22.4. The molecule has 0 spiro atoms. The number of aliphatic hydroxyl groups is 1. The Morgan fingerprint density at radius 1 is 1.07 bits per heavy atom. The summed E-state index contributed by atoms with van der Waals surface area (Å²) in [6.45, 7) is 11.8. The molecule has 1 N–H and O–H groups in total. The molecule has 3 rings (SSSR count). The highest BCUT2D eigenvalue weighted by Crippen LogP contribution is 2.56. The van der Waals surface area contributed by atoms with Gasteiger partial charge in [0.05, 0.1) is 19.8 Å². The molecule has 3 heteroatoms. The van der Waals surface area contributed by atoms with Crippen molar-refractivity contribution in [3.63, 3.8) is 0 Å². The molecule has 3 aliphatic rings. The van der Waals surface area contributed by atoms with E-state index in [2.05, 4.69) is 52.8 Å². The minimum Gasteiger partial charge on any atom is -0.498 e. The molecule has 1 saturated heterocycles. The second-order valence-electron chi connectivity index (χ2n) is 9.82. The molecule has 2 aliphatic carbocycles. The number of methoxy groups -OCH3 is 1. The van der Waals surface area contributed by atoms with E-state index in [1.54, 1.807) is 7.11 Å². The average molecular weight is 401 g/mol. The van der Waals surface area contributed by atoms with Gasteiger partial charge in [-0.15, -0.1) is 0 Å². The van der Waals surface area contributed by atoms with Gasteiger partial charge in [0.25, 0.3) is 0 Å². The predicted octanol–water partition coefficient (Wildman–Crippen LogP) is 6.11. The second kappa shape index (κ2) is 9.22. The molecule has 1 fully saturated rings. The first-order valence-electron chi connectivity index (χ1n) is 11.3. The SMILES string of the molecule is COC1=C2[C@H](C)CO[C@@H]3/C=C(\C)CCC/C(C)=C/CC/C(C)=C/C[C@](C)([C@@H]1O)[C@@H]23. The van der Waals surface area contributed by atoms with Crippen LogP contribution < -0.4 is 0 Å². The van der Waals surface area contributed by atoms with Crippen LogP contribution in [0.3, 0.4) is 0 Å². The summed E-state index contributed by atoms with van der Waals surface area (Å²) >= 11 is 0. The fourth-order valence-electron chi connectivity index (χ4n) is 5.45. The van der Waals surface area contributed by atoms with Crippen LogP contribution in [0.1, 0.15) is 73.1 Å². The van der Waals surface area contributed by atoms with Crippen molar-refractivity contribution in [2.24, 2.45) is 17.3 Å². The van der Waals surface area contributed by atoms with Gasteiger partial charge in [-0.1, -0.05) is 48.8 Å². The molecular weight excluding hydrogens is 360 g/mol. The normalized spacial score (nSPS) is 42.4. The van der Waals surface area contributed by atoms with Gasteiger partial charge >= 0.3 is 0 Å². The highest BCUT2D eigenvalue weighted by molar-refractivity contribution is 5.35. The third-order valence-corrected chi connectivity index (χ3v) is 7.33. The maximum atomic E-state index is 11.3. The van der Waals surface area contributed by atoms with Gasteiger partial charge in [-0.3, -0.25) is 0 Å². The third kappa shape index (κ3) is 4.56. The number of hydrogen-bond donors (Lipinski definition) is 1. The smallest absolute Gasteiger partial charge is 0.125 e. The molecule has 0 aromatic carbocycles. The molecule has 29 heavy (non-hydrogen) atoms. The van der Waals surface area contributed by atoms with Crippen LogP contribution in [-0.2, 0) is 9.47 Å². The quantitative estimate of drug-likeness (QED) is 0.540. The van der Waals surface area contributed by atoms with Gasteiger partial charge in [0.2, 0.25) is 0 Å². The van der Waals surface area contributed by atoms with E-state index in [1.165, 1.54) is 28.7 Å². The lowest BCUT2D eigenvalue weighted by Crippen LogP contribution is -2.44. The number of rotatable bonds is 1. The van der Waals surface area contributed by atoms with Crippen LogP contribution in [0.25, 0.3) is 0 Å². The summed E-state index contributed by atoms with van der Waals surface area (Å²) in [5.74, 6) is 1.21. The Labute approximate surface area is 177 Å². The van der Waals surface area contributed by atoms with E-state index in [1.807, 2.05) is 0 Å². The van der Waals surface area contributed by atoms with Gasteiger partial charge in [0.15, 0.2) is 0 Å². The van der Waals surface area contributed by atoms with Crippen LogP contribution >= 0.6 is 0 Å². The van der Waals surface area contributed by atoms with Gasteiger partial charge in [0.1, 0.15) is 11.9 Å². The first-order chi connectivity index (χ1) is 13.8. The number of allylic oxidation sites excluding steroid dienone is 5. The fourth-order valence-corrected chi connectivity index (χ4v) is 5.45. The van der Waals surface area contributed by atoms with Crippen LogP contribution in [0.15, 0.2) is 46.3 Å². The maximum Gasteiger partial charge on any atom is 0.125 e. The van der Waals surface area contributed by atoms with Crippen molar-refractivity contribution in [1.82, 2.24) is 0 Å². The van der Waals surface area contributed by atoms with Crippen LogP contribution in [0.5, 0.6) is 0 Å². The maximum absolute atomic E-state index is 11.3. The van der Waals surface area contributed by atoms with Crippen molar-refractivity contribution in [3.05, 3.63) is 46.3 Å². The van der Waals surface area contributed by atoms with Crippen LogP contribution in [-0.4, -0.2) is 31.0 Å². The Bertz CT molecular complexity index is 726. The van der Waals surface area contributed by atoms with Crippen LogP contribution in [0, 0.1) is 17.3 Å². The Kier molecular flexibility index (Phi) is 7.11. The van der Waals surface area contributed by atoms with Crippen LogP contribution in [0.4, 0.5) is 0 Å². The Hall–Kier alpha value is -1.32. The highest BCUT2D eigenvalue weighted by atomic mass is 16.5. The zero-order chi connectivity index (χ0) is 21.2. The fraction of sp³-hybridized carbons (Fsp3) is 0.692. The van der Waals surface area contributed by atoms with Crippen LogP contribution in [0.2, 0.25) is 0 Å². The topological polar surface area (TPSA) is 38.7 Å². The minimum absolute atomic E-state index is 0.00368. The average Bonchev–Trinajstić information content (AvgIpc) is 2.90. The zero-order valence-electron chi connectivity index (χ0n) is 19.3.